The highest BCUT2D eigenvalue weighted by atomic mass is 16.5. The van der Waals surface area contributed by atoms with Gasteiger partial charge in [0, 0.05) is 0 Å². The fourth-order valence-corrected chi connectivity index (χ4v) is 3.88. The zero-order valence-corrected chi connectivity index (χ0v) is 19.0. The molecule has 0 saturated carbocycles. The summed E-state index contributed by atoms with van der Waals surface area (Å²) in [4.78, 5) is 12.7. The van der Waals surface area contributed by atoms with E-state index in [-0.39, 0.29) is 5.97 Å². The van der Waals surface area contributed by atoms with Gasteiger partial charge >= 0.3 is 5.97 Å². The molecule has 2 nitrogen and oxygen atoms in total. The Morgan fingerprint density at radius 3 is 1.96 bits per heavy atom. The molecular weight excluding hydrogens is 344 g/mol. The standard InChI is InChI=1S/C26H44O2/c1-5-7-8-9-10-11-12-13-14-18-21-28-25(27)26(4,6-2)22-23(3)24-19-16-15-17-20-24/h15-17,19-20,23H,5-14,18,21-22H2,1-4H3. The summed E-state index contributed by atoms with van der Waals surface area (Å²) in [6.45, 7) is 9.20. The van der Waals surface area contributed by atoms with Crippen LogP contribution in [0.1, 0.15) is 116 Å². The van der Waals surface area contributed by atoms with Gasteiger partial charge in [-0.05, 0) is 37.7 Å². The summed E-state index contributed by atoms with van der Waals surface area (Å²) in [7, 11) is 0. The third kappa shape index (κ3) is 9.75. The van der Waals surface area contributed by atoms with Gasteiger partial charge in [-0.15, -0.1) is 0 Å². The molecule has 1 aromatic rings. The number of esters is 1. The SMILES string of the molecule is CCCCCCCCCCCCOC(=O)C(C)(CC)CC(C)c1ccccc1. The maximum Gasteiger partial charge on any atom is 0.311 e. The second-order valence-electron chi connectivity index (χ2n) is 8.75. The van der Waals surface area contributed by atoms with Crippen molar-refractivity contribution in [3.63, 3.8) is 0 Å². The van der Waals surface area contributed by atoms with Crippen LogP contribution < -0.4 is 0 Å². The highest BCUT2D eigenvalue weighted by Gasteiger charge is 2.34. The molecular formula is C26H44O2. The number of carbonyl (C=O) groups is 1. The summed E-state index contributed by atoms with van der Waals surface area (Å²) in [6, 6.07) is 10.5. The van der Waals surface area contributed by atoms with Gasteiger partial charge in [0.15, 0.2) is 0 Å². The molecule has 160 valence electrons. The molecule has 0 radical (unpaired) electrons. The Hall–Kier alpha value is -1.31. The average Bonchev–Trinajstić information content (AvgIpc) is 2.72. The molecule has 0 aliphatic heterocycles. The molecule has 0 saturated heterocycles. The van der Waals surface area contributed by atoms with Gasteiger partial charge in [0.1, 0.15) is 0 Å². The van der Waals surface area contributed by atoms with E-state index in [1.807, 2.05) is 6.07 Å². The van der Waals surface area contributed by atoms with Crippen molar-refractivity contribution in [2.45, 2.75) is 111 Å². The first-order chi connectivity index (χ1) is 13.5. The summed E-state index contributed by atoms with van der Waals surface area (Å²) in [6.07, 6.45) is 14.6. The van der Waals surface area contributed by atoms with Crippen molar-refractivity contribution in [1.82, 2.24) is 0 Å². The first-order valence-electron chi connectivity index (χ1n) is 11.8. The van der Waals surface area contributed by atoms with Crippen LogP contribution in [-0.4, -0.2) is 12.6 Å². The number of rotatable bonds is 16. The lowest BCUT2D eigenvalue weighted by Gasteiger charge is -2.29. The molecule has 2 unspecified atom stereocenters. The Morgan fingerprint density at radius 1 is 0.893 bits per heavy atom. The Bertz CT molecular complexity index is 510. The van der Waals surface area contributed by atoms with E-state index in [1.165, 1.54) is 63.4 Å². The van der Waals surface area contributed by atoms with E-state index in [4.69, 9.17) is 4.74 Å². The zero-order chi connectivity index (χ0) is 20.7. The zero-order valence-electron chi connectivity index (χ0n) is 19.0. The molecule has 28 heavy (non-hydrogen) atoms. The van der Waals surface area contributed by atoms with E-state index < -0.39 is 5.41 Å². The van der Waals surface area contributed by atoms with E-state index in [9.17, 15) is 4.79 Å². The molecule has 2 heteroatoms. The second-order valence-corrected chi connectivity index (χ2v) is 8.75. The lowest BCUT2D eigenvalue weighted by Crippen LogP contribution is -2.31. The third-order valence-corrected chi connectivity index (χ3v) is 6.13. The van der Waals surface area contributed by atoms with Crippen LogP contribution in [0.3, 0.4) is 0 Å². The van der Waals surface area contributed by atoms with Gasteiger partial charge in [0.05, 0.1) is 12.0 Å². The molecule has 2 atom stereocenters. The number of unbranched alkanes of at least 4 members (excludes halogenated alkanes) is 9. The first-order valence-corrected chi connectivity index (χ1v) is 11.8. The number of carbonyl (C=O) groups excluding carboxylic acids is 1. The predicted molar refractivity (Wildman–Crippen MR) is 121 cm³/mol. The second kappa shape index (κ2) is 14.7. The van der Waals surface area contributed by atoms with Crippen LogP contribution in [0.5, 0.6) is 0 Å². The minimum absolute atomic E-state index is 0.0197. The Balaban J connectivity index is 2.19. The van der Waals surface area contributed by atoms with Gasteiger partial charge in [-0.1, -0.05) is 109 Å². The van der Waals surface area contributed by atoms with Gasteiger partial charge in [-0.2, -0.15) is 0 Å². The van der Waals surface area contributed by atoms with E-state index >= 15 is 0 Å². The van der Waals surface area contributed by atoms with E-state index in [0.717, 1.165) is 19.3 Å². The van der Waals surface area contributed by atoms with Gasteiger partial charge in [0.25, 0.3) is 0 Å². The molecule has 1 rings (SSSR count). The van der Waals surface area contributed by atoms with Gasteiger partial charge in [-0.3, -0.25) is 4.79 Å². The topological polar surface area (TPSA) is 26.3 Å². The average molecular weight is 389 g/mol. The number of hydrogen-bond acceptors (Lipinski definition) is 2. The maximum absolute atomic E-state index is 12.7. The highest BCUT2D eigenvalue weighted by Crippen LogP contribution is 2.35. The summed E-state index contributed by atoms with van der Waals surface area (Å²) < 4.78 is 5.67. The Kier molecular flexibility index (Phi) is 12.9. The Labute approximate surface area is 174 Å². The fraction of sp³-hybridized carbons (Fsp3) is 0.731. The summed E-state index contributed by atoms with van der Waals surface area (Å²) in [5, 5.41) is 0. The van der Waals surface area contributed by atoms with Crippen LogP contribution in [0.15, 0.2) is 30.3 Å². The van der Waals surface area contributed by atoms with Gasteiger partial charge in [-0.25, -0.2) is 0 Å². The largest absolute Gasteiger partial charge is 0.465 e. The fourth-order valence-electron chi connectivity index (χ4n) is 3.88. The van der Waals surface area contributed by atoms with Crippen molar-refractivity contribution in [2.24, 2.45) is 5.41 Å². The molecule has 0 bridgehead atoms. The Morgan fingerprint density at radius 2 is 1.43 bits per heavy atom. The molecule has 0 aliphatic rings. The summed E-state index contributed by atoms with van der Waals surface area (Å²) in [5.74, 6) is 0.338. The van der Waals surface area contributed by atoms with Crippen LogP contribution >= 0.6 is 0 Å². The smallest absolute Gasteiger partial charge is 0.311 e. The van der Waals surface area contributed by atoms with Crippen molar-refractivity contribution in [3.8, 4) is 0 Å². The molecule has 0 N–H and O–H groups in total. The normalized spacial score (nSPS) is 14.4. The first kappa shape index (κ1) is 24.7. The highest BCUT2D eigenvalue weighted by molar-refractivity contribution is 5.76. The third-order valence-electron chi connectivity index (χ3n) is 6.13. The van der Waals surface area contributed by atoms with E-state index in [0.29, 0.717) is 12.5 Å². The number of benzene rings is 1. The minimum atomic E-state index is -0.395. The van der Waals surface area contributed by atoms with Crippen molar-refractivity contribution >= 4 is 5.97 Å². The van der Waals surface area contributed by atoms with Gasteiger partial charge < -0.3 is 4.74 Å². The quantitative estimate of drug-likeness (QED) is 0.211. The number of ether oxygens (including phenoxy) is 1. The van der Waals surface area contributed by atoms with Crippen molar-refractivity contribution in [3.05, 3.63) is 35.9 Å². The molecule has 0 amide bonds. The maximum atomic E-state index is 12.7. The van der Waals surface area contributed by atoms with Crippen molar-refractivity contribution < 1.29 is 9.53 Å². The monoisotopic (exact) mass is 388 g/mol. The van der Waals surface area contributed by atoms with E-state index in [2.05, 4.69) is 52.0 Å². The van der Waals surface area contributed by atoms with Crippen LogP contribution in [-0.2, 0) is 9.53 Å². The molecule has 0 heterocycles. The molecule has 0 fully saturated rings. The molecule has 0 spiro atoms. The molecule has 1 aromatic carbocycles. The summed E-state index contributed by atoms with van der Waals surface area (Å²) in [5.41, 5.74) is 0.901. The minimum Gasteiger partial charge on any atom is -0.465 e. The number of hydrogen-bond donors (Lipinski definition) is 0. The van der Waals surface area contributed by atoms with Crippen molar-refractivity contribution in [2.75, 3.05) is 6.61 Å². The summed E-state index contributed by atoms with van der Waals surface area (Å²) >= 11 is 0. The van der Waals surface area contributed by atoms with E-state index in [1.54, 1.807) is 0 Å². The van der Waals surface area contributed by atoms with Crippen molar-refractivity contribution in [1.29, 1.82) is 0 Å². The van der Waals surface area contributed by atoms with Crippen LogP contribution in [0.25, 0.3) is 0 Å². The lowest BCUT2D eigenvalue weighted by atomic mass is 9.77. The lowest BCUT2D eigenvalue weighted by molar-refractivity contribution is -0.156. The molecule has 0 aliphatic carbocycles. The van der Waals surface area contributed by atoms with Crippen LogP contribution in [0.2, 0.25) is 0 Å². The predicted octanol–water partition coefficient (Wildman–Crippen LogP) is 8.06. The molecule has 0 aromatic heterocycles. The van der Waals surface area contributed by atoms with Gasteiger partial charge in [0.2, 0.25) is 0 Å². The van der Waals surface area contributed by atoms with Crippen LogP contribution in [0.4, 0.5) is 0 Å². The van der Waals surface area contributed by atoms with Crippen LogP contribution in [0, 0.1) is 5.41 Å².